The third-order valence-electron chi connectivity index (χ3n) is 5.78. The van der Waals surface area contributed by atoms with Crippen LogP contribution in [0.25, 0.3) is 28.3 Å². The Hall–Kier alpha value is -5.26. The second-order valence-electron chi connectivity index (χ2n) is 8.31. The zero-order valence-electron chi connectivity index (χ0n) is 21.3. The highest BCUT2D eigenvalue weighted by molar-refractivity contribution is 5.75. The number of hydrogen-bond acceptors (Lipinski definition) is 9. The zero-order chi connectivity index (χ0) is 27.2. The van der Waals surface area contributed by atoms with Gasteiger partial charge in [0.05, 0.1) is 26.5 Å². The maximum absolute atomic E-state index is 12.5. The number of carbonyl (C=O) groups is 1. The Labute approximate surface area is 222 Å². The molecule has 3 aromatic heterocycles. The van der Waals surface area contributed by atoms with Crippen molar-refractivity contribution in [2.24, 2.45) is 0 Å². The van der Waals surface area contributed by atoms with Crippen molar-refractivity contribution in [1.82, 2.24) is 34.9 Å². The van der Waals surface area contributed by atoms with E-state index in [9.17, 15) is 9.59 Å². The SMILES string of the molecule is COc1ccc(-c2ccc(=O)n(CC(=O)NCCOc3ccc4nnc(-c5ccccc5)n4n3)n2)cc1OC. The van der Waals surface area contributed by atoms with E-state index < -0.39 is 5.56 Å². The molecule has 39 heavy (non-hydrogen) atoms. The second kappa shape index (κ2) is 11.4. The molecule has 1 amide bonds. The summed E-state index contributed by atoms with van der Waals surface area (Å²) < 4.78 is 19.0. The number of methoxy groups -OCH3 is 2. The Balaban J connectivity index is 1.19. The highest BCUT2D eigenvalue weighted by atomic mass is 16.5. The van der Waals surface area contributed by atoms with Crippen LogP contribution < -0.4 is 25.1 Å². The van der Waals surface area contributed by atoms with Crippen LogP contribution in [0.1, 0.15) is 0 Å². The van der Waals surface area contributed by atoms with Crippen molar-refractivity contribution in [3.8, 4) is 40.0 Å². The summed E-state index contributed by atoms with van der Waals surface area (Å²) in [5.41, 5.74) is 2.29. The molecule has 0 saturated carbocycles. The van der Waals surface area contributed by atoms with Gasteiger partial charge in [-0.1, -0.05) is 30.3 Å². The Bertz CT molecular complexity index is 1670. The van der Waals surface area contributed by atoms with Gasteiger partial charge >= 0.3 is 0 Å². The number of rotatable bonds is 10. The van der Waals surface area contributed by atoms with Gasteiger partial charge in [0, 0.05) is 23.3 Å². The number of nitrogens with zero attached hydrogens (tertiary/aromatic N) is 6. The van der Waals surface area contributed by atoms with Crippen molar-refractivity contribution in [2.45, 2.75) is 6.54 Å². The number of fused-ring (bicyclic) bond motifs is 1. The highest BCUT2D eigenvalue weighted by Gasteiger charge is 2.12. The van der Waals surface area contributed by atoms with Crippen LogP contribution in [0.3, 0.4) is 0 Å². The maximum atomic E-state index is 12.5. The Morgan fingerprint density at radius 1 is 0.872 bits per heavy atom. The van der Waals surface area contributed by atoms with Crippen molar-refractivity contribution in [1.29, 1.82) is 0 Å². The number of amides is 1. The van der Waals surface area contributed by atoms with Gasteiger partial charge < -0.3 is 19.5 Å². The van der Waals surface area contributed by atoms with Crippen LogP contribution in [0.2, 0.25) is 0 Å². The van der Waals surface area contributed by atoms with E-state index in [1.807, 2.05) is 30.3 Å². The smallest absolute Gasteiger partial charge is 0.267 e. The summed E-state index contributed by atoms with van der Waals surface area (Å²) in [6, 6.07) is 21.3. The molecule has 3 heterocycles. The number of carbonyl (C=O) groups excluding carboxylic acids is 1. The molecule has 12 heteroatoms. The van der Waals surface area contributed by atoms with Gasteiger partial charge in [-0.2, -0.15) is 9.61 Å². The van der Waals surface area contributed by atoms with E-state index in [2.05, 4.69) is 25.7 Å². The number of benzene rings is 2. The summed E-state index contributed by atoms with van der Waals surface area (Å²) in [4.78, 5) is 24.8. The summed E-state index contributed by atoms with van der Waals surface area (Å²) in [5, 5.41) is 19.9. The van der Waals surface area contributed by atoms with Crippen molar-refractivity contribution in [3.63, 3.8) is 0 Å². The van der Waals surface area contributed by atoms with E-state index in [-0.39, 0.29) is 25.6 Å². The van der Waals surface area contributed by atoms with E-state index in [0.29, 0.717) is 40.1 Å². The van der Waals surface area contributed by atoms with Gasteiger partial charge in [0.25, 0.3) is 5.56 Å². The van der Waals surface area contributed by atoms with Gasteiger partial charge in [-0.3, -0.25) is 9.59 Å². The first-order valence-corrected chi connectivity index (χ1v) is 12.0. The molecule has 0 aliphatic rings. The van der Waals surface area contributed by atoms with E-state index >= 15 is 0 Å². The van der Waals surface area contributed by atoms with Crippen LogP contribution in [0.4, 0.5) is 0 Å². The predicted octanol–water partition coefficient (Wildman–Crippen LogP) is 2.23. The molecule has 0 atom stereocenters. The van der Waals surface area contributed by atoms with Crippen LogP contribution in [0.15, 0.2) is 77.6 Å². The van der Waals surface area contributed by atoms with E-state index in [4.69, 9.17) is 14.2 Å². The van der Waals surface area contributed by atoms with Gasteiger partial charge in [0.1, 0.15) is 13.2 Å². The third-order valence-corrected chi connectivity index (χ3v) is 5.78. The molecule has 0 fully saturated rings. The van der Waals surface area contributed by atoms with Crippen LogP contribution in [0.5, 0.6) is 17.4 Å². The lowest BCUT2D eigenvalue weighted by Crippen LogP contribution is -2.35. The molecule has 0 radical (unpaired) electrons. The predicted molar refractivity (Wildman–Crippen MR) is 142 cm³/mol. The molecule has 0 bridgehead atoms. The lowest BCUT2D eigenvalue weighted by molar-refractivity contribution is -0.122. The van der Waals surface area contributed by atoms with Crippen LogP contribution in [-0.2, 0) is 11.3 Å². The topological polar surface area (TPSA) is 135 Å². The van der Waals surface area contributed by atoms with E-state index in [1.54, 1.807) is 48.0 Å². The van der Waals surface area contributed by atoms with Crippen LogP contribution >= 0.6 is 0 Å². The molecule has 0 aliphatic heterocycles. The summed E-state index contributed by atoms with van der Waals surface area (Å²) in [7, 11) is 3.09. The average molecular weight is 528 g/mol. The lowest BCUT2D eigenvalue weighted by Gasteiger charge is -2.11. The van der Waals surface area contributed by atoms with Crippen molar-refractivity contribution in [3.05, 3.63) is 83.2 Å². The molecule has 0 saturated heterocycles. The molecule has 5 aromatic rings. The largest absolute Gasteiger partial charge is 0.493 e. The minimum absolute atomic E-state index is 0.168. The summed E-state index contributed by atoms with van der Waals surface area (Å²) in [6.07, 6.45) is 0. The minimum Gasteiger partial charge on any atom is -0.493 e. The van der Waals surface area contributed by atoms with Gasteiger partial charge in [-0.15, -0.1) is 15.3 Å². The summed E-state index contributed by atoms with van der Waals surface area (Å²) in [6.45, 7) is 0.128. The first-order chi connectivity index (χ1) is 19.1. The molecule has 0 unspecified atom stereocenters. The van der Waals surface area contributed by atoms with Gasteiger partial charge in [0.2, 0.25) is 11.8 Å². The molecule has 0 spiro atoms. The molecule has 5 rings (SSSR count). The monoisotopic (exact) mass is 527 g/mol. The lowest BCUT2D eigenvalue weighted by atomic mass is 10.1. The van der Waals surface area contributed by atoms with Gasteiger partial charge in [0.15, 0.2) is 23.0 Å². The molecule has 1 N–H and O–H groups in total. The van der Waals surface area contributed by atoms with Crippen molar-refractivity contribution in [2.75, 3.05) is 27.4 Å². The minimum atomic E-state index is -0.397. The number of ether oxygens (including phenoxy) is 3. The van der Waals surface area contributed by atoms with E-state index in [0.717, 1.165) is 10.2 Å². The third kappa shape index (κ3) is 5.69. The van der Waals surface area contributed by atoms with Crippen molar-refractivity contribution >= 4 is 11.6 Å². The maximum Gasteiger partial charge on any atom is 0.267 e. The van der Waals surface area contributed by atoms with E-state index in [1.165, 1.54) is 13.2 Å². The molecule has 2 aromatic carbocycles. The van der Waals surface area contributed by atoms with Crippen molar-refractivity contribution < 1.29 is 19.0 Å². The van der Waals surface area contributed by atoms with Gasteiger partial charge in [-0.25, -0.2) is 4.68 Å². The average Bonchev–Trinajstić information content (AvgIpc) is 3.40. The zero-order valence-corrected chi connectivity index (χ0v) is 21.3. The Kier molecular flexibility index (Phi) is 7.44. The number of nitrogens with one attached hydrogen (secondary N) is 1. The van der Waals surface area contributed by atoms with Gasteiger partial charge in [-0.05, 0) is 30.3 Å². The first kappa shape index (κ1) is 25.4. The quantitative estimate of drug-likeness (QED) is 0.271. The first-order valence-electron chi connectivity index (χ1n) is 12.0. The molecular weight excluding hydrogens is 502 g/mol. The fraction of sp³-hybridized carbons (Fsp3) is 0.185. The molecule has 198 valence electrons. The molecule has 0 aliphatic carbocycles. The molecular formula is C27H25N7O5. The summed E-state index contributed by atoms with van der Waals surface area (Å²) in [5.74, 6) is 1.67. The fourth-order valence-electron chi connectivity index (χ4n) is 3.87. The highest BCUT2D eigenvalue weighted by Crippen LogP contribution is 2.31. The summed E-state index contributed by atoms with van der Waals surface area (Å²) >= 11 is 0. The Morgan fingerprint density at radius 3 is 2.49 bits per heavy atom. The Morgan fingerprint density at radius 2 is 1.69 bits per heavy atom. The molecule has 12 nitrogen and oxygen atoms in total. The second-order valence-corrected chi connectivity index (χ2v) is 8.31. The standard InChI is InChI=1S/C27H25N7O5/c1-37-21-10-8-19(16-22(21)38-2)20-9-13-26(36)33(31-20)17-24(35)28-14-15-39-25-12-11-23-29-30-27(34(23)32-25)18-6-4-3-5-7-18/h3-13,16H,14-15,17H2,1-2H3,(H,28,35). The fourth-order valence-corrected chi connectivity index (χ4v) is 3.87. The number of hydrogen-bond donors (Lipinski definition) is 1. The number of aromatic nitrogens is 6. The van der Waals surface area contributed by atoms with Crippen LogP contribution in [-0.4, -0.2) is 62.9 Å². The normalized spacial score (nSPS) is 10.8. The van der Waals surface area contributed by atoms with Crippen LogP contribution in [0, 0.1) is 0 Å².